The molecule has 0 rings (SSSR count). The van der Waals surface area contributed by atoms with Gasteiger partial charge in [0.25, 0.3) is 0 Å². The van der Waals surface area contributed by atoms with E-state index in [2.05, 4.69) is 43.5 Å². The number of nitrogens with one attached hydrogen (secondary N) is 1. The van der Waals surface area contributed by atoms with Crippen molar-refractivity contribution in [1.29, 1.82) is 0 Å². The summed E-state index contributed by atoms with van der Waals surface area (Å²) in [7, 11) is 0. The first-order valence-corrected chi connectivity index (χ1v) is 29.8. The molecule has 3 N–H and O–H groups in total. The molecule has 394 valence electrons. The van der Waals surface area contributed by atoms with E-state index in [9.17, 15) is 19.8 Å². The van der Waals surface area contributed by atoms with E-state index in [0.29, 0.717) is 19.4 Å². The molecule has 0 aromatic carbocycles. The molecule has 0 aliphatic carbocycles. The molecule has 0 saturated carbocycles. The smallest absolute Gasteiger partial charge is 0.305 e. The first-order valence-electron chi connectivity index (χ1n) is 29.8. The minimum atomic E-state index is -0.855. The van der Waals surface area contributed by atoms with Crippen LogP contribution >= 0.6 is 0 Å². The number of carbonyl (C=O) groups excluding carboxylic acids is 2. The average Bonchev–Trinajstić information content (AvgIpc) is 3.33. The lowest BCUT2D eigenvalue weighted by molar-refractivity contribution is -0.143. The van der Waals surface area contributed by atoms with Crippen LogP contribution in [0.25, 0.3) is 0 Å². The number of rotatable bonds is 55. The van der Waals surface area contributed by atoms with Crippen LogP contribution in [0.15, 0.2) is 36.5 Å². The lowest BCUT2D eigenvalue weighted by Gasteiger charge is -2.20. The molecule has 2 unspecified atom stereocenters. The van der Waals surface area contributed by atoms with Crippen LogP contribution in [-0.4, -0.2) is 47.4 Å². The molecule has 0 aromatic rings. The zero-order valence-electron chi connectivity index (χ0n) is 44.9. The second-order valence-electron chi connectivity index (χ2n) is 20.3. The van der Waals surface area contributed by atoms with Crippen LogP contribution in [0.4, 0.5) is 0 Å². The number of hydrogen-bond donors (Lipinski definition) is 3. The molecule has 6 heteroatoms. The largest absolute Gasteiger partial charge is 0.466 e. The van der Waals surface area contributed by atoms with E-state index in [-0.39, 0.29) is 18.5 Å². The predicted molar refractivity (Wildman–Crippen MR) is 292 cm³/mol. The van der Waals surface area contributed by atoms with Gasteiger partial charge in [0.15, 0.2) is 0 Å². The quantitative estimate of drug-likeness (QED) is 0.0321. The van der Waals surface area contributed by atoms with Gasteiger partial charge in [0.1, 0.15) is 0 Å². The van der Waals surface area contributed by atoms with E-state index in [1.807, 2.05) is 6.08 Å². The van der Waals surface area contributed by atoms with Crippen LogP contribution in [0.3, 0.4) is 0 Å². The van der Waals surface area contributed by atoms with Gasteiger partial charge in [-0.3, -0.25) is 9.59 Å². The molecule has 0 aliphatic heterocycles. The van der Waals surface area contributed by atoms with Crippen molar-refractivity contribution in [2.45, 2.75) is 328 Å². The Labute approximate surface area is 417 Å². The molecule has 67 heavy (non-hydrogen) atoms. The van der Waals surface area contributed by atoms with Crippen molar-refractivity contribution in [3.05, 3.63) is 36.5 Å². The van der Waals surface area contributed by atoms with Crippen LogP contribution in [0, 0.1) is 0 Å². The zero-order chi connectivity index (χ0) is 48.6. The number of hydrogen-bond acceptors (Lipinski definition) is 5. The van der Waals surface area contributed by atoms with Crippen molar-refractivity contribution in [3.63, 3.8) is 0 Å². The lowest BCUT2D eigenvalue weighted by Crippen LogP contribution is -2.45. The predicted octanol–water partition coefficient (Wildman–Crippen LogP) is 18.4. The molecular formula is C61H115NO5. The summed E-state index contributed by atoms with van der Waals surface area (Å²) in [5.41, 5.74) is 0. The molecule has 0 radical (unpaired) electrons. The van der Waals surface area contributed by atoms with E-state index in [0.717, 1.165) is 83.5 Å². The standard InChI is InChI=1S/C61H115NO5/c1-3-5-7-9-11-13-15-17-19-22-27-31-35-39-43-47-51-55-61(66)67-56-52-48-44-40-36-32-28-24-21-23-26-30-34-38-42-46-50-54-60(65)62-58(57-63)59(64)53-49-45-41-37-33-29-25-20-18-16-14-12-10-8-6-4-2/h21,24,32,36,49,53,58-59,63-64H,3-20,22-23,25-31,33-35,37-48,50-52,54-57H2,1-2H3,(H,62,65)/b24-21-,36-32-,53-49+. The fraction of sp³-hybridized carbons (Fsp3) is 0.869. The lowest BCUT2D eigenvalue weighted by atomic mass is 10.0. The normalized spacial score (nSPS) is 12.8. The van der Waals surface area contributed by atoms with Crippen LogP contribution in [0.5, 0.6) is 0 Å². The summed E-state index contributed by atoms with van der Waals surface area (Å²) in [5.74, 6) is -0.0955. The Morgan fingerprint density at radius 2 is 0.746 bits per heavy atom. The maximum absolute atomic E-state index is 12.5. The van der Waals surface area contributed by atoms with Crippen LogP contribution in [-0.2, 0) is 14.3 Å². The van der Waals surface area contributed by atoms with E-state index in [1.165, 1.54) is 205 Å². The summed E-state index contributed by atoms with van der Waals surface area (Å²) in [6.45, 7) is 4.87. The molecule has 0 heterocycles. The number of unbranched alkanes of at least 4 members (excludes halogenated alkanes) is 40. The van der Waals surface area contributed by atoms with Crippen molar-refractivity contribution >= 4 is 11.9 Å². The van der Waals surface area contributed by atoms with E-state index in [1.54, 1.807) is 6.08 Å². The third-order valence-corrected chi connectivity index (χ3v) is 13.7. The minimum Gasteiger partial charge on any atom is -0.466 e. The number of ether oxygens (including phenoxy) is 1. The average molecular weight is 943 g/mol. The van der Waals surface area contributed by atoms with Gasteiger partial charge in [-0.2, -0.15) is 0 Å². The summed E-state index contributed by atoms with van der Waals surface area (Å²) >= 11 is 0. The second-order valence-corrected chi connectivity index (χ2v) is 20.3. The Balaban J connectivity index is 3.51. The molecule has 1 amide bonds. The molecular weight excluding hydrogens is 827 g/mol. The molecule has 0 spiro atoms. The SMILES string of the molecule is CCCCCCCCCCCCCCCC/C=C/C(O)C(CO)NC(=O)CCCCCCCCC/C=C\C/C=C\CCCCCOC(=O)CCCCCCCCCCCCCCCCCCC. The van der Waals surface area contributed by atoms with Crippen molar-refractivity contribution < 1.29 is 24.5 Å². The van der Waals surface area contributed by atoms with E-state index >= 15 is 0 Å². The number of allylic oxidation sites excluding steroid dienone is 5. The molecule has 0 aromatic heterocycles. The van der Waals surface area contributed by atoms with Crippen LogP contribution < -0.4 is 5.32 Å². The van der Waals surface area contributed by atoms with Crippen molar-refractivity contribution in [3.8, 4) is 0 Å². The highest BCUT2D eigenvalue weighted by Gasteiger charge is 2.18. The van der Waals surface area contributed by atoms with Crippen LogP contribution in [0.2, 0.25) is 0 Å². The summed E-state index contributed by atoms with van der Waals surface area (Å²) in [6.07, 6.45) is 70.3. The number of aliphatic hydroxyl groups excluding tert-OH is 2. The summed E-state index contributed by atoms with van der Waals surface area (Å²) in [6, 6.07) is -0.640. The van der Waals surface area contributed by atoms with Crippen molar-refractivity contribution in [2.75, 3.05) is 13.2 Å². The highest BCUT2D eigenvalue weighted by molar-refractivity contribution is 5.76. The zero-order valence-corrected chi connectivity index (χ0v) is 44.9. The number of carbonyl (C=O) groups is 2. The van der Waals surface area contributed by atoms with Gasteiger partial charge in [0.2, 0.25) is 5.91 Å². The number of amides is 1. The van der Waals surface area contributed by atoms with E-state index in [4.69, 9.17) is 4.74 Å². The highest BCUT2D eigenvalue weighted by Crippen LogP contribution is 2.17. The Bertz CT molecular complexity index is 1090. The van der Waals surface area contributed by atoms with Gasteiger partial charge in [0.05, 0.1) is 25.4 Å². The van der Waals surface area contributed by atoms with Gasteiger partial charge in [-0.25, -0.2) is 0 Å². The Hall–Kier alpha value is -1.92. The second kappa shape index (κ2) is 56.7. The first kappa shape index (κ1) is 65.1. The van der Waals surface area contributed by atoms with E-state index < -0.39 is 12.1 Å². The summed E-state index contributed by atoms with van der Waals surface area (Å²) in [5, 5.41) is 23.1. The number of aliphatic hydroxyl groups is 2. The van der Waals surface area contributed by atoms with Crippen molar-refractivity contribution in [1.82, 2.24) is 5.32 Å². The molecule has 0 aliphatic rings. The van der Waals surface area contributed by atoms with Gasteiger partial charge in [0, 0.05) is 12.8 Å². The maximum Gasteiger partial charge on any atom is 0.305 e. The van der Waals surface area contributed by atoms with Gasteiger partial charge in [-0.05, 0) is 70.6 Å². The highest BCUT2D eigenvalue weighted by atomic mass is 16.5. The molecule has 6 nitrogen and oxygen atoms in total. The van der Waals surface area contributed by atoms with Gasteiger partial charge in [-0.15, -0.1) is 0 Å². The fourth-order valence-electron chi connectivity index (χ4n) is 9.08. The van der Waals surface area contributed by atoms with Crippen molar-refractivity contribution in [2.24, 2.45) is 0 Å². The topological polar surface area (TPSA) is 95.9 Å². The maximum atomic E-state index is 12.5. The Morgan fingerprint density at radius 1 is 0.418 bits per heavy atom. The molecule has 0 saturated heterocycles. The summed E-state index contributed by atoms with van der Waals surface area (Å²) in [4.78, 5) is 24.5. The Morgan fingerprint density at radius 3 is 1.13 bits per heavy atom. The summed E-state index contributed by atoms with van der Waals surface area (Å²) < 4.78 is 5.47. The minimum absolute atomic E-state index is 0.0125. The van der Waals surface area contributed by atoms with Gasteiger partial charge >= 0.3 is 5.97 Å². The Kier molecular flexibility index (Phi) is 55.0. The van der Waals surface area contributed by atoms with Gasteiger partial charge in [-0.1, -0.05) is 269 Å². The molecule has 2 atom stereocenters. The third kappa shape index (κ3) is 53.3. The fourth-order valence-corrected chi connectivity index (χ4v) is 9.08. The molecule has 0 bridgehead atoms. The van der Waals surface area contributed by atoms with Crippen LogP contribution in [0.1, 0.15) is 316 Å². The monoisotopic (exact) mass is 942 g/mol. The van der Waals surface area contributed by atoms with Gasteiger partial charge < -0.3 is 20.3 Å². The number of esters is 1. The third-order valence-electron chi connectivity index (χ3n) is 13.7. The first-order chi connectivity index (χ1) is 33.0. The molecule has 0 fully saturated rings.